The van der Waals surface area contributed by atoms with Crippen molar-refractivity contribution in [2.24, 2.45) is 0 Å². The smallest absolute Gasteiger partial charge is 0.335 e. The van der Waals surface area contributed by atoms with Crippen LogP contribution in [-0.4, -0.2) is 89.2 Å². The van der Waals surface area contributed by atoms with E-state index in [2.05, 4.69) is 106 Å². The number of hydrogen-bond donors (Lipinski definition) is 3. The Labute approximate surface area is 454 Å². The highest BCUT2D eigenvalue weighted by Crippen LogP contribution is 2.26. The summed E-state index contributed by atoms with van der Waals surface area (Å²) >= 11 is 0. The Hall–Kier alpha value is -4.10. The predicted octanol–water partition coefficient (Wildman–Crippen LogP) is 15.1. The second-order valence-corrected chi connectivity index (χ2v) is 19.9. The summed E-state index contributed by atoms with van der Waals surface area (Å²) in [6.45, 7) is 5.77. The highest BCUT2D eigenvalue weighted by molar-refractivity contribution is 5.74. The molecule has 1 heterocycles. The molecule has 0 aromatic rings. The van der Waals surface area contributed by atoms with Gasteiger partial charge in [-0.2, -0.15) is 0 Å². The Morgan fingerprint density at radius 2 is 0.867 bits per heavy atom. The number of aliphatic hydroxyl groups is 2. The summed E-state index contributed by atoms with van der Waals surface area (Å²) in [7, 11) is 0. The molecule has 12 nitrogen and oxygen atoms in total. The van der Waals surface area contributed by atoms with E-state index in [-0.39, 0.29) is 25.9 Å². The van der Waals surface area contributed by atoms with Crippen molar-refractivity contribution in [2.75, 3.05) is 13.2 Å². The minimum atomic E-state index is -1.91. The molecule has 0 spiro atoms. The van der Waals surface area contributed by atoms with Gasteiger partial charge in [0.15, 0.2) is 24.6 Å². The molecule has 1 fully saturated rings. The topological polar surface area (TPSA) is 175 Å². The number of esters is 3. The van der Waals surface area contributed by atoms with Gasteiger partial charge in [0.1, 0.15) is 18.8 Å². The van der Waals surface area contributed by atoms with E-state index in [4.69, 9.17) is 23.7 Å². The van der Waals surface area contributed by atoms with Crippen LogP contribution < -0.4 is 0 Å². The third kappa shape index (κ3) is 40.8. The summed E-state index contributed by atoms with van der Waals surface area (Å²) in [5.74, 6) is -3.18. The van der Waals surface area contributed by atoms with Crippen molar-refractivity contribution in [3.63, 3.8) is 0 Å². The van der Waals surface area contributed by atoms with E-state index >= 15 is 0 Å². The molecular formula is C63H104O12. The lowest BCUT2D eigenvalue weighted by molar-refractivity contribution is -0.301. The Morgan fingerprint density at radius 1 is 0.453 bits per heavy atom. The molecule has 1 aliphatic rings. The van der Waals surface area contributed by atoms with Gasteiger partial charge in [0.2, 0.25) is 0 Å². The number of allylic oxidation sites excluding steroid dienone is 14. The van der Waals surface area contributed by atoms with Crippen LogP contribution in [0.1, 0.15) is 239 Å². The van der Waals surface area contributed by atoms with E-state index in [0.29, 0.717) is 19.3 Å². The molecule has 1 aliphatic heterocycles. The van der Waals surface area contributed by atoms with Gasteiger partial charge in [0, 0.05) is 19.3 Å². The number of ether oxygens (including phenoxy) is 5. The fraction of sp³-hybridized carbons (Fsp3) is 0.714. The van der Waals surface area contributed by atoms with Crippen molar-refractivity contribution in [1.82, 2.24) is 0 Å². The normalized spacial score (nSPS) is 18.8. The molecule has 3 N–H and O–H groups in total. The summed E-state index contributed by atoms with van der Waals surface area (Å²) in [5.41, 5.74) is 0. The van der Waals surface area contributed by atoms with Gasteiger partial charge in [0.25, 0.3) is 0 Å². The number of aliphatic hydroxyl groups excluding tert-OH is 2. The second kappa shape index (κ2) is 50.7. The summed E-state index contributed by atoms with van der Waals surface area (Å²) in [5, 5.41) is 31.5. The van der Waals surface area contributed by atoms with E-state index in [1.165, 1.54) is 51.4 Å². The van der Waals surface area contributed by atoms with Crippen molar-refractivity contribution in [3.05, 3.63) is 85.1 Å². The average Bonchev–Trinajstić information content (AvgIpc) is 3.39. The maximum Gasteiger partial charge on any atom is 0.335 e. The Balaban J connectivity index is 2.71. The Kier molecular flexibility index (Phi) is 46.6. The number of unbranched alkanes of at least 4 members (excludes halogenated alkanes) is 21. The molecular weight excluding hydrogens is 949 g/mol. The molecule has 0 aromatic carbocycles. The van der Waals surface area contributed by atoms with E-state index in [9.17, 15) is 34.5 Å². The molecule has 0 aliphatic carbocycles. The number of carbonyl (C=O) groups excluding carboxylic acids is 3. The molecule has 6 unspecified atom stereocenters. The molecule has 0 amide bonds. The first-order valence-electron chi connectivity index (χ1n) is 29.6. The van der Waals surface area contributed by atoms with Crippen molar-refractivity contribution in [1.29, 1.82) is 0 Å². The van der Waals surface area contributed by atoms with Crippen LogP contribution in [0.15, 0.2) is 85.1 Å². The van der Waals surface area contributed by atoms with Gasteiger partial charge in [-0.25, -0.2) is 4.79 Å². The summed E-state index contributed by atoms with van der Waals surface area (Å²) in [6, 6.07) is 0. The molecule has 75 heavy (non-hydrogen) atoms. The number of aliphatic carboxylic acids is 1. The van der Waals surface area contributed by atoms with Crippen LogP contribution in [0.25, 0.3) is 0 Å². The monoisotopic (exact) mass is 1050 g/mol. The molecule has 0 aromatic heterocycles. The van der Waals surface area contributed by atoms with Gasteiger partial charge in [-0.15, -0.1) is 0 Å². The van der Waals surface area contributed by atoms with Crippen LogP contribution >= 0.6 is 0 Å². The number of rotatable bonds is 49. The van der Waals surface area contributed by atoms with Gasteiger partial charge >= 0.3 is 23.9 Å². The number of carboxylic acids is 1. The zero-order valence-electron chi connectivity index (χ0n) is 47.0. The zero-order chi connectivity index (χ0) is 54.7. The lowest BCUT2D eigenvalue weighted by Crippen LogP contribution is -2.61. The van der Waals surface area contributed by atoms with Crippen LogP contribution in [0.2, 0.25) is 0 Å². The van der Waals surface area contributed by atoms with E-state index in [1.807, 2.05) is 0 Å². The maximum atomic E-state index is 13.1. The van der Waals surface area contributed by atoms with Crippen molar-refractivity contribution < 1.29 is 58.2 Å². The SMILES string of the molecule is CC/C=C\C/C=C\C/C=C\C/C=C\C/C=C\CCCCCC(=O)OCC(COC1OC(C(=O)O)C(O)C(O)C1OC(=O)CCCCCCCCCCCCCCC)OC(=O)CCCCCCC/C=C\C/C=C\CCC. The standard InChI is InChI=1S/C63H104O12/c1-4-7-10-13-16-19-22-25-26-27-28-29-30-33-34-37-40-43-46-49-55(64)71-52-54(73-56(65)50-47-44-41-38-35-31-23-20-17-14-11-8-5-2)53-72-63-61(59(68)58(67)60(75-63)62(69)70)74-57(66)51-48-45-42-39-36-32-24-21-18-15-12-9-6-3/h7,10-11,14,16,19-20,23,25-26,28-29,33-34,54,58-61,63,67-68H,4-6,8-9,12-13,15,17-18,21-22,24,27,30-32,35-53H2,1-3H3,(H,69,70)/b10-7-,14-11-,19-16-,23-20-,26-25-,29-28-,34-33-. The van der Waals surface area contributed by atoms with Gasteiger partial charge < -0.3 is 39.0 Å². The fourth-order valence-electron chi connectivity index (χ4n) is 8.43. The van der Waals surface area contributed by atoms with Crippen molar-refractivity contribution in [3.8, 4) is 0 Å². The van der Waals surface area contributed by atoms with Gasteiger partial charge in [-0.3, -0.25) is 14.4 Å². The number of carbonyl (C=O) groups is 4. The molecule has 1 rings (SSSR count). The first-order chi connectivity index (χ1) is 36.6. The first kappa shape index (κ1) is 68.9. The van der Waals surface area contributed by atoms with Crippen LogP contribution in [0, 0.1) is 0 Å². The lowest BCUT2D eigenvalue weighted by atomic mass is 9.98. The fourth-order valence-corrected chi connectivity index (χ4v) is 8.43. The van der Waals surface area contributed by atoms with Gasteiger partial charge in [0.05, 0.1) is 6.61 Å². The molecule has 428 valence electrons. The Morgan fingerprint density at radius 3 is 1.35 bits per heavy atom. The predicted molar refractivity (Wildman–Crippen MR) is 303 cm³/mol. The highest BCUT2D eigenvalue weighted by Gasteiger charge is 2.50. The minimum Gasteiger partial charge on any atom is -0.479 e. The van der Waals surface area contributed by atoms with Crippen molar-refractivity contribution in [2.45, 2.75) is 276 Å². The summed E-state index contributed by atoms with van der Waals surface area (Å²) < 4.78 is 28.4. The quantitative estimate of drug-likeness (QED) is 0.0228. The number of hydrogen-bond acceptors (Lipinski definition) is 11. The molecule has 12 heteroatoms. The minimum absolute atomic E-state index is 0.0553. The lowest BCUT2D eigenvalue weighted by Gasteiger charge is -2.40. The van der Waals surface area contributed by atoms with Crippen LogP contribution in [0.4, 0.5) is 0 Å². The highest BCUT2D eigenvalue weighted by atomic mass is 16.7. The third-order valence-electron chi connectivity index (χ3n) is 12.9. The largest absolute Gasteiger partial charge is 0.479 e. The molecule has 0 saturated carbocycles. The molecule has 0 radical (unpaired) electrons. The first-order valence-corrected chi connectivity index (χ1v) is 29.6. The average molecular weight is 1050 g/mol. The van der Waals surface area contributed by atoms with E-state index in [1.54, 1.807) is 0 Å². The van der Waals surface area contributed by atoms with Crippen LogP contribution in [0.5, 0.6) is 0 Å². The van der Waals surface area contributed by atoms with Gasteiger partial charge in [-0.05, 0) is 89.9 Å². The van der Waals surface area contributed by atoms with Crippen LogP contribution in [-0.2, 0) is 42.9 Å². The number of carboxylic acid groups (broad SMARTS) is 1. The molecule has 1 saturated heterocycles. The maximum absolute atomic E-state index is 13.1. The van der Waals surface area contributed by atoms with E-state index < -0.39 is 67.3 Å². The third-order valence-corrected chi connectivity index (χ3v) is 12.9. The van der Waals surface area contributed by atoms with Crippen molar-refractivity contribution >= 4 is 23.9 Å². The molecule has 6 atom stereocenters. The summed E-state index contributed by atoms with van der Waals surface area (Å²) in [6.07, 6.45) is 52.7. The van der Waals surface area contributed by atoms with Gasteiger partial charge in [-0.1, -0.05) is 215 Å². The Bertz CT molecular complexity index is 1630. The molecule has 0 bridgehead atoms. The van der Waals surface area contributed by atoms with Crippen LogP contribution in [0.3, 0.4) is 0 Å². The van der Waals surface area contributed by atoms with E-state index in [0.717, 1.165) is 128 Å². The zero-order valence-corrected chi connectivity index (χ0v) is 47.0. The summed E-state index contributed by atoms with van der Waals surface area (Å²) in [4.78, 5) is 51.1. The second-order valence-electron chi connectivity index (χ2n) is 19.9.